The lowest BCUT2D eigenvalue weighted by molar-refractivity contribution is 0.379. The molecule has 0 fully saturated rings. The Morgan fingerprint density at radius 1 is 1.00 bits per heavy atom. The quantitative estimate of drug-likeness (QED) is 0.535. The third-order valence-corrected chi connectivity index (χ3v) is 2.00. The van der Waals surface area contributed by atoms with E-state index in [4.69, 9.17) is 0 Å². The van der Waals surface area contributed by atoms with Crippen molar-refractivity contribution in [2.24, 2.45) is 10.8 Å². The van der Waals surface area contributed by atoms with Crippen molar-refractivity contribution in [1.82, 2.24) is 5.32 Å². The van der Waals surface area contributed by atoms with Crippen molar-refractivity contribution in [2.75, 3.05) is 13.1 Å². The summed E-state index contributed by atoms with van der Waals surface area (Å²) in [6, 6.07) is 0. The van der Waals surface area contributed by atoms with Gasteiger partial charge < -0.3 is 5.32 Å². The van der Waals surface area contributed by atoms with E-state index in [0.29, 0.717) is 10.8 Å². The standard InChI is InChI=1S/C14H29N/c1-13(2,3)10-8-7-9-11-15-12-14(4,5)6/h8,10,15H,7,9,11-12H2,1-6H3/b10-8-. The van der Waals surface area contributed by atoms with E-state index in [1.165, 1.54) is 12.8 Å². The van der Waals surface area contributed by atoms with Crippen LogP contribution in [-0.4, -0.2) is 13.1 Å². The summed E-state index contributed by atoms with van der Waals surface area (Å²) in [5.41, 5.74) is 0.736. The number of hydrogen-bond acceptors (Lipinski definition) is 1. The van der Waals surface area contributed by atoms with Gasteiger partial charge in [0.2, 0.25) is 0 Å². The minimum absolute atomic E-state index is 0.332. The lowest BCUT2D eigenvalue weighted by Gasteiger charge is -2.18. The fraction of sp³-hybridized carbons (Fsp3) is 0.857. The molecule has 1 heteroatoms. The zero-order valence-corrected chi connectivity index (χ0v) is 11.5. The lowest BCUT2D eigenvalue weighted by Crippen LogP contribution is -2.27. The number of unbranched alkanes of at least 4 members (excludes halogenated alkanes) is 1. The molecular formula is C14H29N. The molecule has 0 aromatic rings. The van der Waals surface area contributed by atoms with E-state index in [1.54, 1.807) is 0 Å². The zero-order valence-electron chi connectivity index (χ0n) is 11.5. The Morgan fingerprint density at radius 2 is 1.60 bits per heavy atom. The Bertz CT molecular complexity index is 178. The molecule has 0 aliphatic heterocycles. The zero-order chi connectivity index (χ0) is 11.9. The second-order valence-electron chi connectivity index (χ2n) is 6.65. The van der Waals surface area contributed by atoms with Crippen LogP contribution in [0.5, 0.6) is 0 Å². The number of nitrogens with one attached hydrogen (secondary N) is 1. The first kappa shape index (κ1) is 14.7. The van der Waals surface area contributed by atoms with Crippen molar-refractivity contribution in [3.63, 3.8) is 0 Å². The summed E-state index contributed by atoms with van der Waals surface area (Å²) in [4.78, 5) is 0. The third kappa shape index (κ3) is 13.7. The maximum Gasteiger partial charge on any atom is -0.0000123 e. The summed E-state index contributed by atoms with van der Waals surface area (Å²) in [6.45, 7) is 15.7. The monoisotopic (exact) mass is 211 g/mol. The molecular weight excluding hydrogens is 182 g/mol. The highest BCUT2D eigenvalue weighted by atomic mass is 14.9. The second-order valence-corrected chi connectivity index (χ2v) is 6.65. The molecule has 0 amide bonds. The van der Waals surface area contributed by atoms with Gasteiger partial charge >= 0.3 is 0 Å². The maximum absolute atomic E-state index is 3.49. The van der Waals surface area contributed by atoms with E-state index < -0.39 is 0 Å². The van der Waals surface area contributed by atoms with Gasteiger partial charge in [-0.3, -0.25) is 0 Å². The topological polar surface area (TPSA) is 12.0 Å². The Labute approximate surface area is 96.3 Å². The molecule has 1 N–H and O–H groups in total. The number of hydrogen-bond donors (Lipinski definition) is 1. The molecule has 15 heavy (non-hydrogen) atoms. The largest absolute Gasteiger partial charge is 0.316 e. The van der Waals surface area contributed by atoms with Crippen molar-refractivity contribution in [3.05, 3.63) is 12.2 Å². The highest BCUT2D eigenvalue weighted by Gasteiger charge is 2.08. The van der Waals surface area contributed by atoms with Crippen LogP contribution in [0.4, 0.5) is 0 Å². The predicted octanol–water partition coefficient (Wildman–Crippen LogP) is 4.00. The van der Waals surface area contributed by atoms with Crippen LogP contribution in [0.25, 0.3) is 0 Å². The van der Waals surface area contributed by atoms with Crippen molar-refractivity contribution in [3.8, 4) is 0 Å². The van der Waals surface area contributed by atoms with Crippen molar-refractivity contribution >= 4 is 0 Å². The van der Waals surface area contributed by atoms with E-state index >= 15 is 0 Å². The Kier molecular flexibility index (Phi) is 6.19. The van der Waals surface area contributed by atoms with E-state index in [9.17, 15) is 0 Å². The third-order valence-electron chi connectivity index (χ3n) is 2.00. The lowest BCUT2D eigenvalue weighted by atomic mass is 9.96. The van der Waals surface area contributed by atoms with Gasteiger partial charge in [-0.05, 0) is 36.8 Å². The average Bonchev–Trinajstić information content (AvgIpc) is 1.98. The normalized spacial score (nSPS) is 13.7. The van der Waals surface area contributed by atoms with Crippen LogP contribution in [0.15, 0.2) is 12.2 Å². The van der Waals surface area contributed by atoms with Crippen LogP contribution in [0.2, 0.25) is 0 Å². The summed E-state index contributed by atoms with van der Waals surface area (Å²) in [7, 11) is 0. The molecule has 0 rings (SSSR count). The minimum atomic E-state index is 0.332. The molecule has 0 atom stereocenters. The molecule has 0 bridgehead atoms. The first-order valence-corrected chi connectivity index (χ1v) is 6.09. The second kappa shape index (κ2) is 6.32. The van der Waals surface area contributed by atoms with Gasteiger partial charge in [-0.15, -0.1) is 0 Å². The highest BCUT2D eigenvalue weighted by molar-refractivity contribution is 4.91. The number of rotatable bonds is 5. The smallest absolute Gasteiger partial charge is 0.0000123 e. The molecule has 0 spiro atoms. The highest BCUT2D eigenvalue weighted by Crippen LogP contribution is 2.15. The minimum Gasteiger partial charge on any atom is -0.316 e. The van der Waals surface area contributed by atoms with Crippen molar-refractivity contribution in [2.45, 2.75) is 54.4 Å². The van der Waals surface area contributed by atoms with E-state index in [0.717, 1.165) is 13.1 Å². The molecule has 0 aromatic heterocycles. The molecule has 0 saturated carbocycles. The first-order valence-electron chi connectivity index (χ1n) is 6.09. The van der Waals surface area contributed by atoms with Crippen molar-refractivity contribution in [1.29, 1.82) is 0 Å². The molecule has 0 radical (unpaired) electrons. The van der Waals surface area contributed by atoms with E-state index in [2.05, 4.69) is 59.0 Å². The van der Waals surface area contributed by atoms with Crippen LogP contribution in [0.3, 0.4) is 0 Å². The summed E-state index contributed by atoms with van der Waals surface area (Å²) in [6.07, 6.45) is 7.03. The van der Waals surface area contributed by atoms with Gasteiger partial charge in [0.15, 0.2) is 0 Å². The SMILES string of the molecule is CC(C)(C)/C=C\CCCNCC(C)(C)C. The molecule has 0 aliphatic rings. The van der Waals surface area contributed by atoms with Crippen molar-refractivity contribution < 1.29 is 0 Å². The van der Waals surface area contributed by atoms with E-state index in [1.807, 2.05) is 0 Å². The molecule has 90 valence electrons. The maximum atomic E-state index is 3.49. The van der Waals surface area contributed by atoms with Gasteiger partial charge in [-0.2, -0.15) is 0 Å². The summed E-state index contributed by atoms with van der Waals surface area (Å²) in [5.74, 6) is 0. The Hall–Kier alpha value is -0.300. The predicted molar refractivity (Wildman–Crippen MR) is 70.2 cm³/mol. The summed E-state index contributed by atoms with van der Waals surface area (Å²) >= 11 is 0. The molecule has 0 aliphatic carbocycles. The molecule has 0 unspecified atom stereocenters. The van der Waals surface area contributed by atoms with E-state index in [-0.39, 0.29) is 0 Å². The fourth-order valence-corrected chi connectivity index (χ4v) is 1.25. The molecule has 0 heterocycles. The van der Waals surface area contributed by atoms with Gasteiger partial charge in [0.25, 0.3) is 0 Å². The van der Waals surface area contributed by atoms with Crippen LogP contribution in [0.1, 0.15) is 54.4 Å². The van der Waals surface area contributed by atoms with Gasteiger partial charge in [0.05, 0.1) is 0 Å². The van der Waals surface area contributed by atoms with Crippen LogP contribution in [-0.2, 0) is 0 Å². The molecule has 0 saturated heterocycles. The van der Waals surface area contributed by atoms with Gasteiger partial charge in [0.1, 0.15) is 0 Å². The van der Waals surface area contributed by atoms with Gasteiger partial charge in [0, 0.05) is 0 Å². The van der Waals surface area contributed by atoms with Gasteiger partial charge in [-0.1, -0.05) is 53.7 Å². The average molecular weight is 211 g/mol. The Balaban J connectivity index is 3.37. The van der Waals surface area contributed by atoms with Crippen LogP contribution >= 0.6 is 0 Å². The Morgan fingerprint density at radius 3 is 2.07 bits per heavy atom. The first-order chi connectivity index (χ1) is 6.71. The fourth-order valence-electron chi connectivity index (χ4n) is 1.25. The van der Waals surface area contributed by atoms with Crippen LogP contribution in [0, 0.1) is 10.8 Å². The molecule has 1 nitrogen and oxygen atoms in total. The van der Waals surface area contributed by atoms with Gasteiger partial charge in [-0.25, -0.2) is 0 Å². The number of allylic oxidation sites excluding steroid dienone is 2. The van der Waals surface area contributed by atoms with Crippen LogP contribution < -0.4 is 5.32 Å². The summed E-state index contributed by atoms with van der Waals surface area (Å²) in [5, 5.41) is 3.49. The molecule has 0 aromatic carbocycles. The summed E-state index contributed by atoms with van der Waals surface area (Å²) < 4.78 is 0.